The first-order valence-corrected chi connectivity index (χ1v) is 13.5. The van der Waals surface area contributed by atoms with Gasteiger partial charge < -0.3 is 20.2 Å². The van der Waals surface area contributed by atoms with Crippen molar-refractivity contribution in [3.05, 3.63) is 64.1 Å². The molecule has 1 fully saturated rings. The molecule has 3 heterocycles. The van der Waals surface area contributed by atoms with Crippen LogP contribution in [-0.4, -0.2) is 69.4 Å². The maximum absolute atomic E-state index is 13.0. The monoisotopic (exact) mass is 578 g/mol. The summed E-state index contributed by atoms with van der Waals surface area (Å²) in [6.07, 6.45) is 1.32. The number of amides is 2. The second-order valence-electron chi connectivity index (χ2n) is 9.96. The number of nitrogens with zero attached hydrogens (tertiary/aromatic N) is 4. The molecule has 0 aliphatic carbocycles. The first-order valence-electron chi connectivity index (χ1n) is 12.7. The van der Waals surface area contributed by atoms with E-state index in [0.717, 1.165) is 59.5 Å². The Balaban J connectivity index is 1.26. The van der Waals surface area contributed by atoms with Crippen LogP contribution in [-0.2, 0) is 0 Å². The molecular formula is C27H31BrN8O2. The van der Waals surface area contributed by atoms with E-state index in [-0.39, 0.29) is 11.4 Å². The number of anilines is 3. The van der Waals surface area contributed by atoms with Gasteiger partial charge in [-0.3, -0.25) is 19.8 Å². The fourth-order valence-corrected chi connectivity index (χ4v) is 5.04. The minimum absolute atomic E-state index is 0.00289. The van der Waals surface area contributed by atoms with Crippen LogP contribution in [0.3, 0.4) is 0 Å². The second kappa shape index (κ2) is 11.0. The summed E-state index contributed by atoms with van der Waals surface area (Å²) in [5.41, 5.74) is 4.27. The van der Waals surface area contributed by atoms with Crippen molar-refractivity contribution >= 4 is 56.1 Å². The summed E-state index contributed by atoms with van der Waals surface area (Å²) in [7, 11) is 0. The quantitative estimate of drug-likeness (QED) is 0.253. The number of rotatable bonds is 7. The molecule has 4 N–H and O–H groups in total. The molecule has 2 aromatic carbocycles. The Hall–Kier alpha value is -3.70. The van der Waals surface area contributed by atoms with E-state index in [9.17, 15) is 9.59 Å². The van der Waals surface area contributed by atoms with Crippen molar-refractivity contribution < 1.29 is 9.59 Å². The molecule has 0 spiro atoms. The molecule has 5 rings (SSSR count). The number of aryl methyl sites for hydroxylation is 1. The minimum atomic E-state index is -0.515. The molecule has 1 aliphatic heterocycles. The van der Waals surface area contributed by atoms with Gasteiger partial charge >= 0.3 is 0 Å². The van der Waals surface area contributed by atoms with E-state index in [1.165, 1.54) is 6.33 Å². The van der Waals surface area contributed by atoms with Gasteiger partial charge in [-0.25, -0.2) is 9.97 Å². The molecule has 1 saturated heterocycles. The number of H-pyrrole nitrogens is 2. The van der Waals surface area contributed by atoms with Crippen molar-refractivity contribution in [1.82, 2.24) is 24.8 Å². The zero-order valence-corrected chi connectivity index (χ0v) is 23.2. The van der Waals surface area contributed by atoms with Crippen LogP contribution in [0.4, 0.5) is 17.3 Å². The van der Waals surface area contributed by atoms with Crippen molar-refractivity contribution in [2.45, 2.75) is 20.8 Å². The molecule has 4 aromatic rings. The van der Waals surface area contributed by atoms with E-state index in [1.54, 1.807) is 6.07 Å². The molecule has 0 unspecified atom stereocenters. The van der Waals surface area contributed by atoms with Gasteiger partial charge in [-0.2, -0.15) is 0 Å². The Labute approximate surface area is 229 Å². The summed E-state index contributed by atoms with van der Waals surface area (Å²) in [6.45, 7) is 11.5. The zero-order valence-electron chi connectivity index (χ0n) is 21.6. The Kier molecular flexibility index (Phi) is 7.48. The maximum atomic E-state index is 13.0. The maximum Gasteiger partial charge on any atom is 0.276 e. The number of halogens is 1. The van der Waals surface area contributed by atoms with Crippen LogP contribution < -0.4 is 15.5 Å². The molecule has 38 heavy (non-hydrogen) atoms. The van der Waals surface area contributed by atoms with E-state index >= 15 is 0 Å². The van der Waals surface area contributed by atoms with Crippen LogP contribution in [0.25, 0.3) is 11.0 Å². The number of hydrogen-bond acceptors (Lipinski definition) is 6. The number of nitrogens with one attached hydrogen (secondary N) is 4. The predicted octanol–water partition coefficient (Wildman–Crippen LogP) is 4.64. The smallest absolute Gasteiger partial charge is 0.276 e. The van der Waals surface area contributed by atoms with E-state index < -0.39 is 11.8 Å². The first-order chi connectivity index (χ1) is 18.3. The lowest BCUT2D eigenvalue weighted by Gasteiger charge is -2.36. The van der Waals surface area contributed by atoms with Gasteiger partial charge in [-0.1, -0.05) is 35.8 Å². The molecule has 11 heteroatoms. The third-order valence-electron chi connectivity index (χ3n) is 6.59. The van der Waals surface area contributed by atoms with E-state index in [1.807, 2.05) is 25.1 Å². The Morgan fingerprint density at radius 1 is 1.05 bits per heavy atom. The molecule has 1 aliphatic rings. The third kappa shape index (κ3) is 5.73. The summed E-state index contributed by atoms with van der Waals surface area (Å²) in [6, 6.07) is 11.7. The minimum Gasteiger partial charge on any atom is -0.369 e. The van der Waals surface area contributed by atoms with Gasteiger partial charge in [0.15, 0.2) is 5.69 Å². The lowest BCUT2D eigenvalue weighted by molar-refractivity contribution is 0.0985. The Morgan fingerprint density at radius 2 is 1.84 bits per heavy atom. The summed E-state index contributed by atoms with van der Waals surface area (Å²) >= 11 is 3.41. The zero-order chi connectivity index (χ0) is 26.8. The SMILES string of the molecule is Cc1ccc(Br)cc1NC(=O)c1nc[nH]c1C(=O)Nc1nc2ccc(N3CCN(CC(C)C)CC3)cc2[nH]1. The number of carbonyl (C=O) groups is 2. The molecule has 10 nitrogen and oxygen atoms in total. The summed E-state index contributed by atoms with van der Waals surface area (Å²) < 4.78 is 0.833. The molecule has 0 atom stereocenters. The number of imidazole rings is 2. The number of aromatic nitrogens is 4. The Morgan fingerprint density at radius 3 is 2.61 bits per heavy atom. The lowest BCUT2D eigenvalue weighted by Crippen LogP contribution is -2.47. The van der Waals surface area contributed by atoms with Gasteiger partial charge in [0, 0.05) is 48.6 Å². The van der Waals surface area contributed by atoms with Crippen LogP contribution in [0, 0.1) is 12.8 Å². The first kappa shape index (κ1) is 25.9. The number of hydrogen-bond donors (Lipinski definition) is 4. The molecule has 198 valence electrons. The largest absolute Gasteiger partial charge is 0.369 e. The van der Waals surface area contributed by atoms with E-state index in [4.69, 9.17) is 0 Å². The highest BCUT2D eigenvalue weighted by Crippen LogP contribution is 2.24. The highest BCUT2D eigenvalue weighted by Gasteiger charge is 2.23. The molecule has 0 bridgehead atoms. The van der Waals surface area contributed by atoms with E-state index in [2.05, 4.69) is 82.3 Å². The number of fused-ring (bicyclic) bond motifs is 1. The average Bonchev–Trinajstić information content (AvgIpc) is 3.53. The molecule has 2 aromatic heterocycles. The van der Waals surface area contributed by atoms with Gasteiger partial charge in [0.1, 0.15) is 5.69 Å². The van der Waals surface area contributed by atoms with Crippen LogP contribution in [0.15, 0.2) is 47.2 Å². The van der Waals surface area contributed by atoms with E-state index in [0.29, 0.717) is 17.6 Å². The normalized spacial score (nSPS) is 14.3. The summed E-state index contributed by atoms with van der Waals surface area (Å²) in [4.78, 5) is 45.3. The van der Waals surface area contributed by atoms with Gasteiger partial charge in [0.25, 0.3) is 11.8 Å². The van der Waals surface area contributed by atoms with Crippen molar-refractivity contribution in [2.24, 2.45) is 5.92 Å². The molecule has 0 radical (unpaired) electrons. The highest BCUT2D eigenvalue weighted by molar-refractivity contribution is 9.10. The van der Waals surface area contributed by atoms with Crippen molar-refractivity contribution in [1.29, 1.82) is 0 Å². The average molecular weight is 580 g/mol. The van der Waals surface area contributed by atoms with Gasteiger partial charge in [-0.05, 0) is 48.7 Å². The van der Waals surface area contributed by atoms with Crippen molar-refractivity contribution in [3.63, 3.8) is 0 Å². The lowest BCUT2D eigenvalue weighted by atomic mass is 10.1. The summed E-state index contributed by atoms with van der Waals surface area (Å²) in [5, 5.41) is 5.57. The fraction of sp³-hybridized carbons (Fsp3) is 0.333. The second-order valence-corrected chi connectivity index (χ2v) is 10.9. The fourth-order valence-electron chi connectivity index (χ4n) is 4.68. The van der Waals surface area contributed by atoms with Crippen LogP contribution in [0.5, 0.6) is 0 Å². The van der Waals surface area contributed by atoms with Crippen molar-refractivity contribution in [3.8, 4) is 0 Å². The topological polar surface area (TPSA) is 122 Å². The predicted molar refractivity (Wildman–Crippen MR) is 153 cm³/mol. The van der Waals surface area contributed by atoms with Crippen LogP contribution in [0.2, 0.25) is 0 Å². The summed E-state index contributed by atoms with van der Waals surface area (Å²) in [5.74, 6) is -0.0357. The van der Waals surface area contributed by atoms with Gasteiger partial charge in [-0.15, -0.1) is 0 Å². The standard InChI is InChI=1S/C27H31BrN8O2/c1-16(2)14-35-8-10-36(11-9-35)19-6-7-20-22(13-19)33-27(32-20)34-26(38)24-23(29-15-30-24)25(37)31-21-12-18(28)5-4-17(21)3/h4-7,12-13,15-16H,8-11,14H2,1-3H3,(H,29,30)(H,31,37)(H2,32,33,34,38). The highest BCUT2D eigenvalue weighted by atomic mass is 79.9. The third-order valence-corrected chi connectivity index (χ3v) is 7.08. The molecule has 0 saturated carbocycles. The molecule has 2 amide bonds. The number of aromatic amines is 2. The van der Waals surface area contributed by atoms with Crippen LogP contribution >= 0.6 is 15.9 Å². The Bertz CT molecular complexity index is 1470. The van der Waals surface area contributed by atoms with Gasteiger partial charge in [0.2, 0.25) is 5.95 Å². The number of benzene rings is 2. The number of carbonyl (C=O) groups excluding carboxylic acids is 2. The van der Waals surface area contributed by atoms with Gasteiger partial charge in [0.05, 0.1) is 17.4 Å². The molecular weight excluding hydrogens is 548 g/mol. The van der Waals surface area contributed by atoms with Crippen molar-refractivity contribution in [2.75, 3.05) is 48.3 Å². The van der Waals surface area contributed by atoms with Crippen LogP contribution in [0.1, 0.15) is 40.4 Å². The number of piperazine rings is 1.